The Morgan fingerprint density at radius 2 is 1.75 bits per heavy atom. The van der Waals surface area contributed by atoms with Crippen LogP contribution < -0.4 is 0 Å². The quantitative estimate of drug-likeness (QED) is 0.709. The second-order valence-electron chi connectivity index (χ2n) is 4.13. The maximum atomic E-state index is 13.9. The predicted molar refractivity (Wildman–Crippen MR) is 74.4 cm³/mol. The van der Waals surface area contributed by atoms with Gasteiger partial charge in [0.1, 0.15) is 11.6 Å². The number of rotatable bonds is 2. The number of hydrogen-bond donors (Lipinski definition) is 0. The normalized spacial score (nSPS) is 10.8. The summed E-state index contributed by atoms with van der Waals surface area (Å²) in [4.78, 5) is 0. The van der Waals surface area contributed by atoms with Crippen LogP contribution in [0.1, 0.15) is 0 Å². The standard InChI is InChI=1S/C14H8BrF2N3/c15-9-1-4-11(5-2-9)20-14(8-18-19-20)12-6-3-10(16)7-13(12)17/h1-8H. The SMILES string of the molecule is Fc1ccc(-c2cnnn2-c2ccc(Br)cc2)c(F)c1. The molecule has 100 valence electrons. The minimum atomic E-state index is -0.648. The largest absolute Gasteiger partial charge is 0.213 e. The summed E-state index contributed by atoms with van der Waals surface area (Å²) in [5.74, 6) is -1.26. The third kappa shape index (κ3) is 2.34. The number of benzene rings is 2. The number of nitrogens with zero attached hydrogens (tertiary/aromatic N) is 3. The molecule has 0 N–H and O–H groups in total. The van der Waals surface area contributed by atoms with Crippen molar-refractivity contribution in [3.63, 3.8) is 0 Å². The van der Waals surface area contributed by atoms with Crippen molar-refractivity contribution in [1.29, 1.82) is 0 Å². The minimum Gasteiger partial charge on any atom is -0.213 e. The summed E-state index contributed by atoms with van der Waals surface area (Å²) in [7, 11) is 0. The lowest BCUT2D eigenvalue weighted by molar-refractivity contribution is 0.584. The first kappa shape index (κ1) is 12.9. The van der Waals surface area contributed by atoms with Gasteiger partial charge < -0.3 is 0 Å². The van der Waals surface area contributed by atoms with E-state index in [1.165, 1.54) is 23.0 Å². The fourth-order valence-corrected chi connectivity index (χ4v) is 2.15. The molecule has 0 fully saturated rings. The van der Waals surface area contributed by atoms with Crippen LogP contribution in [-0.2, 0) is 0 Å². The molecule has 1 aromatic heterocycles. The molecule has 3 nitrogen and oxygen atoms in total. The fraction of sp³-hybridized carbons (Fsp3) is 0. The zero-order valence-electron chi connectivity index (χ0n) is 10.1. The van der Waals surface area contributed by atoms with Crippen molar-refractivity contribution in [1.82, 2.24) is 15.0 Å². The average Bonchev–Trinajstić information content (AvgIpc) is 2.88. The van der Waals surface area contributed by atoms with Crippen molar-refractivity contribution in [2.24, 2.45) is 0 Å². The summed E-state index contributed by atoms with van der Waals surface area (Å²) in [6.07, 6.45) is 1.44. The van der Waals surface area contributed by atoms with Gasteiger partial charge in [0.05, 0.1) is 17.6 Å². The number of aromatic nitrogens is 3. The molecule has 2 aromatic carbocycles. The molecule has 3 rings (SSSR count). The molecule has 0 bridgehead atoms. The number of hydrogen-bond acceptors (Lipinski definition) is 2. The summed E-state index contributed by atoms with van der Waals surface area (Å²) < 4.78 is 29.3. The molecule has 0 amide bonds. The predicted octanol–water partition coefficient (Wildman–Crippen LogP) is 3.98. The Morgan fingerprint density at radius 1 is 1.00 bits per heavy atom. The highest BCUT2D eigenvalue weighted by Crippen LogP contribution is 2.25. The van der Waals surface area contributed by atoms with Crippen LogP contribution in [0.4, 0.5) is 8.78 Å². The Morgan fingerprint density at radius 3 is 2.45 bits per heavy atom. The molecule has 0 saturated carbocycles. The van der Waals surface area contributed by atoms with Crippen LogP contribution in [0.15, 0.2) is 53.1 Å². The Hall–Kier alpha value is -2.08. The fourth-order valence-electron chi connectivity index (χ4n) is 1.89. The topological polar surface area (TPSA) is 30.7 Å². The van der Waals surface area contributed by atoms with Crippen LogP contribution in [0.5, 0.6) is 0 Å². The van der Waals surface area contributed by atoms with Crippen LogP contribution in [0.3, 0.4) is 0 Å². The van der Waals surface area contributed by atoms with E-state index >= 15 is 0 Å². The lowest BCUT2D eigenvalue weighted by Crippen LogP contribution is -2.00. The molecule has 6 heteroatoms. The Bertz CT molecular complexity index is 753. The first-order chi connectivity index (χ1) is 9.65. The smallest absolute Gasteiger partial charge is 0.135 e. The molecule has 0 aliphatic carbocycles. The first-order valence-electron chi connectivity index (χ1n) is 5.77. The van der Waals surface area contributed by atoms with Crippen LogP contribution in [0.25, 0.3) is 16.9 Å². The summed E-state index contributed by atoms with van der Waals surface area (Å²) in [5, 5.41) is 7.75. The molecule has 0 radical (unpaired) electrons. The summed E-state index contributed by atoms with van der Waals surface area (Å²) >= 11 is 3.34. The van der Waals surface area contributed by atoms with Crippen molar-refractivity contribution in [3.8, 4) is 16.9 Å². The summed E-state index contributed by atoms with van der Waals surface area (Å²) in [6, 6.07) is 10.8. The molecule has 1 heterocycles. The molecule has 0 unspecified atom stereocenters. The van der Waals surface area contributed by atoms with Gasteiger partial charge in [-0.3, -0.25) is 0 Å². The molecular formula is C14H8BrF2N3. The van der Waals surface area contributed by atoms with Crippen LogP contribution in [-0.4, -0.2) is 15.0 Å². The van der Waals surface area contributed by atoms with Gasteiger partial charge in [-0.25, -0.2) is 13.5 Å². The van der Waals surface area contributed by atoms with Gasteiger partial charge in [-0.2, -0.15) is 0 Å². The van der Waals surface area contributed by atoms with Gasteiger partial charge in [0, 0.05) is 16.1 Å². The van der Waals surface area contributed by atoms with E-state index in [4.69, 9.17) is 0 Å². The van der Waals surface area contributed by atoms with Crippen molar-refractivity contribution in [3.05, 3.63) is 64.8 Å². The molecule has 0 aliphatic heterocycles. The first-order valence-corrected chi connectivity index (χ1v) is 6.56. The highest BCUT2D eigenvalue weighted by Gasteiger charge is 2.13. The second kappa shape index (κ2) is 5.13. The van der Waals surface area contributed by atoms with Gasteiger partial charge in [0.25, 0.3) is 0 Å². The van der Waals surface area contributed by atoms with Crippen molar-refractivity contribution < 1.29 is 8.78 Å². The van der Waals surface area contributed by atoms with Gasteiger partial charge >= 0.3 is 0 Å². The van der Waals surface area contributed by atoms with E-state index in [-0.39, 0.29) is 5.56 Å². The lowest BCUT2D eigenvalue weighted by Gasteiger charge is -2.07. The summed E-state index contributed by atoms with van der Waals surface area (Å²) in [5.41, 5.74) is 1.45. The van der Waals surface area contributed by atoms with E-state index in [1.54, 1.807) is 0 Å². The third-order valence-corrected chi connectivity index (χ3v) is 3.36. The molecule has 0 saturated heterocycles. The van der Waals surface area contributed by atoms with Gasteiger partial charge in [-0.15, -0.1) is 5.10 Å². The zero-order chi connectivity index (χ0) is 14.1. The van der Waals surface area contributed by atoms with Crippen molar-refractivity contribution >= 4 is 15.9 Å². The molecule has 0 atom stereocenters. The van der Waals surface area contributed by atoms with Gasteiger partial charge in [0.2, 0.25) is 0 Å². The molecule has 20 heavy (non-hydrogen) atoms. The van der Waals surface area contributed by atoms with E-state index in [1.807, 2.05) is 24.3 Å². The average molecular weight is 336 g/mol. The number of halogens is 3. The van der Waals surface area contributed by atoms with E-state index < -0.39 is 11.6 Å². The molecule has 0 spiro atoms. The monoisotopic (exact) mass is 335 g/mol. The molecular weight excluding hydrogens is 328 g/mol. The van der Waals surface area contributed by atoms with E-state index in [2.05, 4.69) is 26.2 Å². The van der Waals surface area contributed by atoms with Crippen molar-refractivity contribution in [2.75, 3.05) is 0 Å². The van der Waals surface area contributed by atoms with E-state index in [9.17, 15) is 8.78 Å². The Labute approximate surface area is 122 Å². The minimum absolute atomic E-state index is 0.249. The van der Waals surface area contributed by atoms with Gasteiger partial charge in [-0.05, 0) is 36.4 Å². The Balaban J connectivity index is 2.12. The zero-order valence-corrected chi connectivity index (χ0v) is 11.7. The third-order valence-electron chi connectivity index (χ3n) is 2.83. The highest BCUT2D eigenvalue weighted by molar-refractivity contribution is 9.10. The van der Waals surface area contributed by atoms with Crippen LogP contribution >= 0.6 is 15.9 Å². The van der Waals surface area contributed by atoms with E-state index in [0.717, 1.165) is 16.2 Å². The lowest BCUT2D eigenvalue weighted by atomic mass is 10.1. The van der Waals surface area contributed by atoms with Crippen LogP contribution in [0.2, 0.25) is 0 Å². The van der Waals surface area contributed by atoms with E-state index in [0.29, 0.717) is 5.69 Å². The van der Waals surface area contributed by atoms with Gasteiger partial charge in [0.15, 0.2) is 0 Å². The second-order valence-corrected chi connectivity index (χ2v) is 5.05. The highest BCUT2D eigenvalue weighted by atomic mass is 79.9. The Kier molecular flexibility index (Phi) is 3.31. The van der Waals surface area contributed by atoms with Crippen molar-refractivity contribution in [2.45, 2.75) is 0 Å². The summed E-state index contributed by atoms with van der Waals surface area (Å²) in [6.45, 7) is 0. The maximum absolute atomic E-state index is 13.9. The molecule has 3 aromatic rings. The van der Waals surface area contributed by atoms with Gasteiger partial charge in [-0.1, -0.05) is 21.1 Å². The molecule has 0 aliphatic rings. The maximum Gasteiger partial charge on any atom is 0.135 e. The van der Waals surface area contributed by atoms with Crippen LogP contribution in [0, 0.1) is 11.6 Å².